The van der Waals surface area contributed by atoms with Gasteiger partial charge in [0.25, 0.3) is 0 Å². The van der Waals surface area contributed by atoms with E-state index in [1.807, 2.05) is 12.1 Å². The molecule has 116 valence electrons. The second kappa shape index (κ2) is 7.03. The minimum absolute atomic E-state index is 0.300. The number of aryl methyl sites for hydroxylation is 1. The Hall–Kier alpha value is -1.71. The van der Waals surface area contributed by atoms with Crippen molar-refractivity contribution in [3.8, 4) is 5.75 Å². The van der Waals surface area contributed by atoms with Crippen LogP contribution in [0.3, 0.4) is 0 Å². The van der Waals surface area contributed by atoms with Gasteiger partial charge in [-0.25, -0.2) is 0 Å². The van der Waals surface area contributed by atoms with Crippen molar-refractivity contribution in [1.29, 1.82) is 0 Å². The molecule has 1 N–H and O–H groups in total. The number of hydrogen-bond acceptors (Lipinski definition) is 3. The molecule has 3 rings (SSSR count). The van der Waals surface area contributed by atoms with Crippen molar-refractivity contribution >= 4 is 17.3 Å². The Morgan fingerprint density at radius 2 is 2.05 bits per heavy atom. The molecule has 2 aromatic carbocycles. The Bertz CT molecular complexity index is 658. The first-order chi connectivity index (χ1) is 10.8. The smallest absolute Gasteiger partial charge is 0.189 e. The fraction of sp³-hybridized carbons (Fsp3) is 0.333. The number of halogens is 1. The number of hydrogen-bond donors (Lipinski definition) is 1. The normalized spacial score (nSPS) is 13.4. The van der Waals surface area contributed by atoms with Crippen molar-refractivity contribution in [2.75, 3.05) is 12.1 Å². The predicted octanol–water partition coefficient (Wildman–Crippen LogP) is 4.77. The lowest BCUT2D eigenvalue weighted by Crippen LogP contribution is -2.14. The summed E-state index contributed by atoms with van der Waals surface area (Å²) in [7, 11) is 0. The van der Waals surface area contributed by atoms with E-state index in [4.69, 9.17) is 21.1 Å². The molecule has 0 saturated carbocycles. The van der Waals surface area contributed by atoms with Crippen LogP contribution in [0.2, 0.25) is 5.02 Å². The first-order valence-corrected chi connectivity index (χ1v) is 7.99. The minimum atomic E-state index is 0.300. The van der Waals surface area contributed by atoms with Gasteiger partial charge in [0.1, 0.15) is 5.75 Å². The molecule has 1 aliphatic heterocycles. The van der Waals surface area contributed by atoms with Crippen LogP contribution in [-0.2, 0) is 24.3 Å². The molecule has 0 spiro atoms. The SMILES string of the molecule is CCCc1ccccc1NCc1cc(Cl)cc2c1OCOC2. The van der Waals surface area contributed by atoms with Gasteiger partial charge in [0.2, 0.25) is 0 Å². The number of fused-ring (bicyclic) bond motifs is 1. The van der Waals surface area contributed by atoms with Crippen molar-refractivity contribution in [3.63, 3.8) is 0 Å². The quantitative estimate of drug-likeness (QED) is 0.861. The average molecular weight is 318 g/mol. The largest absolute Gasteiger partial charge is 0.467 e. The van der Waals surface area contributed by atoms with Gasteiger partial charge in [0, 0.05) is 28.4 Å². The molecule has 0 unspecified atom stereocenters. The maximum absolute atomic E-state index is 6.21. The van der Waals surface area contributed by atoms with E-state index in [0.29, 0.717) is 25.0 Å². The average Bonchev–Trinajstić information content (AvgIpc) is 2.54. The summed E-state index contributed by atoms with van der Waals surface area (Å²) in [6.07, 6.45) is 2.20. The zero-order chi connectivity index (χ0) is 15.4. The van der Waals surface area contributed by atoms with E-state index in [0.717, 1.165) is 29.7 Å². The van der Waals surface area contributed by atoms with E-state index in [9.17, 15) is 0 Å². The number of ether oxygens (including phenoxy) is 2. The fourth-order valence-electron chi connectivity index (χ4n) is 2.76. The van der Waals surface area contributed by atoms with Gasteiger partial charge >= 0.3 is 0 Å². The number of anilines is 1. The molecule has 0 fully saturated rings. The summed E-state index contributed by atoms with van der Waals surface area (Å²) in [6.45, 7) is 3.73. The van der Waals surface area contributed by atoms with Crippen LogP contribution >= 0.6 is 11.6 Å². The molecule has 0 atom stereocenters. The van der Waals surface area contributed by atoms with E-state index in [1.165, 1.54) is 11.3 Å². The standard InChI is InChI=1S/C18H20ClNO2/c1-2-5-13-6-3-4-7-17(13)20-10-14-8-16(19)9-15-11-21-12-22-18(14)15/h3-4,6-9,20H,2,5,10-12H2,1H3. The molecule has 0 aromatic heterocycles. The predicted molar refractivity (Wildman–Crippen MR) is 89.5 cm³/mol. The van der Waals surface area contributed by atoms with Gasteiger partial charge in [0.05, 0.1) is 6.61 Å². The Balaban J connectivity index is 1.81. The molecule has 4 heteroatoms. The molecule has 0 radical (unpaired) electrons. The van der Waals surface area contributed by atoms with Crippen LogP contribution in [0.15, 0.2) is 36.4 Å². The van der Waals surface area contributed by atoms with E-state index in [1.54, 1.807) is 0 Å². The maximum Gasteiger partial charge on any atom is 0.189 e. The van der Waals surface area contributed by atoms with Crippen molar-refractivity contribution in [2.45, 2.75) is 32.9 Å². The lowest BCUT2D eigenvalue weighted by atomic mass is 10.1. The van der Waals surface area contributed by atoms with Crippen LogP contribution in [0.1, 0.15) is 30.0 Å². The number of nitrogens with one attached hydrogen (secondary N) is 1. The van der Waals surface area contributed by atoms with E-state index in [-0.39, 0.29) is 0 Å². The summed E-state index contributed by atoms with van der Waals surface area (Å²) >= 11 is 6.21. The van der Waals surface area contributed by atoms with Crippen LogP contribution in [0.25, 0.3) is 0 Å². The number of rotatable bonds is 5. The Morgan fingerprint density at radius 3 is 2.91 bits per heavy atom. The molecule has 0 amide bonds. The van der Waals surface area contributed by atoms with E-state index < -0.39 is 0 Å². The highest BCUT2D eigenvalue weighted by molar-refractivity contribution is 6.30. The third-order valence-corrected chi connectivity index (χ3v) is 3.98. The van der Waals surface area contributed by atoms with Gasteiger partial charge in [-0.15, -0.1) is 0 Å². The van der Waals surface area contributed by atoms with Gasteiger partial charge < -0.3 is 14.8 Å². The summed E-state index contributed by atoms with van der Waals surface area (Å²) in [5.41, 5.74) is 4.59. The van der Waals surface area contributed by atoms with Crippen LogP contribution < -0.4 is 10.1 Å². The van der Waals surface area contributed by atoms with Crippen molar-refractivity contribution < 1.29 is 9.47 Å². The van der Waals surface area contributed by atoms with Gasteiger partial charge in [-0.3, -0.25) is 0 Å². The monoisotopic (exact) mass is 317 g/mol. The highest BCUT2D eigenvalue weighted by Crippen LogP contribution is 2.32. The Kier molecular flexibility index (Phi) is 4.86. The van der Waals surface area contributed by atoms with Crippen molar-refractivity contribution in [3.05, 3.63) is 58.1 Å². The summed E-state index contributed by atoms with van der Waals surface area (Å²) in [6, 6.07) is 12.3. The lowest BCUT2D eigenvalue weighted by molar-refractivity contribution is -0.0169. The molecule has 1 aliphatic rings. The zero-order valence-electron chi connectivity index (χ0n) is 12.7. The molecule has 3 nitrogen and oxygen atoms in total. The second-order valence-electron chi connectivity index (χ2n) is 5.42. The lowest BCUT2D eigenvalue weighted by Gasteiger charge is -2.22. The third kappa shape index (κ3) is 3.37. The molecule has 0 aliphatic carbocycles. The van der Waals surface area contributed by atoms with E-state index in [2.05, 4.69) is 36.5 Å². The number of para-hydroxylation sites is 1. The molecule has 22 heavy (non-hydrogen) atoms. The highest BCUT2D eigenvalue weighted by atomic mass is 35.5. The van der Waals surface area contributed by atoms with Gasteiger partial charge in [0.15, 0.2) is 6.79 Å². The Morgan fingerprint density at radius 1 is 1.18 bits per heavy atom. The molecule has 1 heterocycles. The highest BCUT2D eigenvalue weighted by Gasteiger charge is 2.16. The Labute approximate surface area is 136 Å². The van der Waals surface area contributed by atoms with Gasteiger partial charge in [-0.2, -0.15) is 0 Å². The first kappa shape index (κ1) is 15.2. The van der Waals surface area contributed by atoms with Gasteiger partial charge in [-0.1, -0.05) is 43.1 Å². The van der Waals surface area contributed by atoms with Crippen molar-refractivity contribution in [2.24, 2.45) is 0 Å². The van der Waals surface area contributed by atoms with Crippen LogP contribution in [0.5, 0.6) is 5.75 Å². The maximum atomic E-state index is 6.21. The molecule has 0 saturated heterocycles. The van der Waals surface area contributed by atoms with Crippen LogP contribution in [0.4, 0.5) is 5.69 Å². The van der Waals surface area contributed by atoms with Crippen LogP contribution in [-0.4, -0.2) is 6.79 Å². The zero-order valence-corrected chi connectivity index (χ0v) is 13.5. The van der Waals surface area contributed by atoms with Crippen molar-refractivity contribution in [1.82, 2.24) is 0 Å². The first-order valence-electron chi connectivity index (χ1n) is 7.61. The topological polar surface area (TPSA) is 30.5 Å². The minimum Gasteiger partial charge on any atom is -0.467 e. The summed E-state index contributed by atoms with van der Waals surface area (Å²) in [5, 5.41) is 4.23. The van der Waals surface area contributed by atoms with Crippen LogP contribution in [0, 0.1) is 0 Å². The molecule has 0 bridgehead atoms. The molecule has 2 aromatic rings. The molecular formula is C18H20ClNO2. The third-order valence-electron chi connectivity index (χ3n) is 3.76. The fourth-order valence-corrected chi connectivity index (χ4v) is 3.02. The number of benzene rings is 2. The second-order valence-corrected chi connectivity index (χ2v) is 5.86. The van der Waals surface area contributed by atoms with E-state index >= 15 is 0 Å². The summed E-state index contributed by atoms with van der Waals surface area (Å²) < 4.78 is 11.0. The van der Waals surface area contributed by atoms with Gasteiger partial charge in [-0.05, 0) is 30.2 Å². The summed E-state index contributed by atoms with van der Waals surface area (Å²) in [4.78, 5) is 0. The summed E-state index contributed by atoms with van der Waals surface area (Å²) in [5.74, 6) is 0.899. The molecular weight excluding hydrogens is 298 g/mol.